The van der Waals surface area contributed by atoms with Gasteiger partial charge in [0, 0.05) is 19.1 Å². The number of aliphatic hydroxyl groups is 1. The molecule has 11 heavy (non-hydrogen) atoms. The monoisotopic (exact) mass is 157 g/mol. The van der Waals surface area contributed by atoms with E-state index in [2.05, 4.69) is 5.32 Å². The van der Waals surface area contributed by atoms with E-state index in [1.165, 1.54) is 0 Å². The van der Waals surface area contributed by atoms with Crippen LogP contribution in [0.1, 0.15) is 19.8 Å². The van der Waals surface area contributed by atoms with Gasteiger partial charge in [0.1, 0.15) is 0 Å². The van der Waals surface area contributed by atoms with Crippen molar-refractivity contribution >= 4 is 5.91 Å². The van der Waals surface area contributed by atoms with Gasteiger partial charge in [-0.3, -0.25) is 4.79 Å². The number of nitrogens with one attached hydrogen (secondary N) is 1. The van der Waals surface area contributed by atoms with Gasteiger partial charge in [-0.15, -0.1) is 0 Å². The van der Waals surface area contributed by atoms with Crippen molar-refractivity contribution in [3.05, 3.63) is 0 Å². The lowest BCUT2D eigenvalue weighted by Gasteiger charge is -2.08. The van der Waals surface area contributed by atoms with E-state index >= 15 is 0 Å². The van der Waals surface area contributed by atoms with Crippen LogP contribution in [0.2, 0.25) is 0 Å². The van der Waals surface area contributed by atoms with Crippen LogP contribution >= 0.6 is 0 Å². The van der Waals surface area contributed by atoms with Crippen LogP contribution in [0, 0.1) is 11.8 Å². The number of amides is 1. The van der Waals surface area contributed by atoms with E-state index in [0.29, 0.717) is 6.54 Å². The quantitative estimate of drug-likeness (QED) is 0.610. The molecule has 1 saturated carbocycles. The maximum atomic E-state index is 11.0. The van der Waals surface area contributed by atoms with Crippen molar-refractivity contribution in [3.8, 4) is 0 Å². The summed E-state index contributed by atoms with van der Waals surface area (Å²) in [4.78, 5) is 11.0. The predicted molar refractivity (Wildman–Crippen MR) is 42.0 cm³/mol. The molecule has 0 bridgehead atoms. The van der Waals surface area contributed by atoms with Gasteiger partial charge in [0.05, 0.1) is 0 Å². The summed E-state index contributed by atoms with van der Waals surface area (Å²) in [6.07, 6.45) is 2.08. The Hall–Kier alpha value is -0.570. The molecule has 0 heterocycles. The Morgan fingerprint density at radius 1 is 1.73 bits per heavy atom. The minimum atomic E-state index is 0.144. The largest absolute Gasteiger partial charge is 0.396 e. The number of hydrogen-bond donors (Lipinski definition) is 2. The van der Waals surface area contributed by atoms with Crippen LogP contribution in [0.3, 0.4) is 0 Å². The minimum Gasteiger partial charge on any atom is -0.396 e. The Kier molecular flexibility index (Phi) is 2.88. The fourth-order valence-corrected chi connectivity index (χ4v) is 0.829. The zero-order valence-electron chi connectivity index (χ0n) is 6.84. The molecule has 0 spiro atoms. The first-order chi connectivity index (χ1) is 5.24. The second kappa shape index (κ2) is 3.72. The molecular weight excluding hydrogens is 142 g/mol. The number of hydrogen-bond acceptors (Lipinski definition) is 2. The lowest BCUT2D eigenvalue weighted by atomic mass is 10.2. The molecule has 1 unspecified atom stereocenters. The molecule has 1 aliphatic carbocycles. The third kappa shape index (κ3) is 2.89. The van der Waals surface area contributed by atoms with Gasteiger partial charge in [0.15, 0.2) is 0 Å². The Labute approximate surface area is 66.8 Å². The Morgan fingerprint density at radius 2 is 2.36 bits per heavy atom. The summed E-state index contributed by atoms with van der Waals surface area (Å²) in [7, 11) is 0. The Morgan fingerprint density at radius 3 is 2.82 bits per heavy atom. The second-order valence-corrected chi connectivity index (χ2v) is 3.31. The highest BCUT2D eigenvalue weighted by atomic mass is 16.3. The molecule has 2 N–H and O–H groups in total. The van der Waals surface area contributed by atoms with Crippen LogP contribution in [0.4, 0.5) is 0 Å². The molecule has 0 aromatic heterocycles. The average Bonchev–Trinajstić information content (AvgIpc) is 2.81. The lowest BCUT2D eigenvalue weighted by molar-refractivity contribution is -0.122. The van der Waals surface area contributed by atoms with Crippen molar-refractivity contribution in [2.24, 2.45) is 11.8 Å². The molecule has 1 atom stereocenters. The van der Waals surface area contributed by atoms with E-state index in [-0.39, 0.29) is 24.3 Å². The Bertz CT molecular complexity index is 143. The summed E-state index contributed by atoms with van der Waals surface area (Å²) >= 11 is 0. The SMILES string of the molecule is CC(CO)CNC(=O)C1CC1. The molecule has 1 amide bonds. The van der Waals surface area contributed by atoms with Crippen LogP contribution in [0.15, 0.2) is 0 Å². The van der Waals surface area contributed by atoms with Crippen LogP contribution in [0.25, 0.3) is 0 Å². The number of rotatable bonds is 4. The number of carbonyl (C=O) groups excluding carboxylic acids is 1. The van der Waals surface area contributed by atoms with E-state index in [1.54, 1.807) is 0 Å². The molecule has 0 aromatic rings. The third-order valence-electron chi connectivity index (χ3n) is 1.88. The molecule has 1 rings (SSSR count). The first-order valence-electron chi connectivity index (χ1n) is 4.12. The molecule has 0 radical (unpaired) electrons. The summed E-state index contributed by atoms with van der Waals surface area (Å²) in [5.74, 6) is 0.615. The number of carbonyl (C=O) groups is 1. The minimum absolute atomic E-state index is 0.144. The molecule has 0 saturated heterocycles. The highest BCUT2D eigenvalue weighted by Gasteiger charge is 2.29. The topological polar surface area (TPSA) is 49.3 Å². The molecular formula is C8H15NO2. The second-order valence-electron chi connectivity index (χ2n) is 3.31. The predicted octanol–water partition coefficient (Wildman–Crippen LogP) is 0.141. The van der Waals surface area contributed by atoms with Gasteiger partial charge in [0.2, 0.25) is 5.91 Å². The highest BCUT2D eigenvalue weighted by molar-refractivity contribution is 5.80. The van der Waals surface area contributed by atoms with Crippen LogP contribution in [-0.2, 0) is 4.79 Å². The van der Waals surface area contributed by atoms with Crippen molar-refractivity contribution in [3.63, 3.8) is 0 Å². The van der Waals surface area contributed by atoms with Gasteiger partial charge in [0.25, 0.3) is 0 Å². The molecule has 3 nitrogen and oxygen atoms in total. The van der Waals surface area contributed by atoms with Crippen LogP contribution in [0.5, 0.6) is 0 Å². The van der Waals surface area contributed by atoms with Gasteiger partial charge in [-0.1, -0.05) is 6.92 Å². The zero-order valence-corrected chi connectivity index (χ0v) is 6.84. The normalized spacial score (nSPS) is 19.5. The first kappa shape index (κ1) is 8.53. The van der Waals surface area contributed by atoms with Gasteiger partial charge in [-0.25, -0.2) is 0 Å². The van der Waals surface area contributed by atoms with Crippen molar-refractivity contribution in [2.75, 3.05) is 13.2 Å². The Balaban J connectivity index is 2.05. The molecule has 1 fully saturated rings. The maximum Gasteiger partial charge on any atom is 0.223 e. The average molecular weight is 157 g/mol. The summed E-state index contributed by atoms with van der Waals surface area (Å²) in [6.45, 7) is 2.66. The van der Waals surface area contributed by atoms with E-state index in [1.807, 2.05) is 6.92 Å². The highest BCUT2D eigenvalue weighted by Crippen LogP contribution is 2.28. The summed E-state index contributed by atoms with van der Waals surface area (Å²) in [5.41, 5.74) is 0. The molecule has 0 aliphatic heterocycles. The van der Waals surface area contributed by atoms with Crippen molar-refractivity contribution in [1.29, 1.82) is 0 Å². The summed E-state index contributed by atoms with van der Waals surface area (Å²) < 4.78 is 0. The summed E-state index contributed by atoms with van der Waals surface area (Å²) in [6, 6.07) is 0. The van der Waals surface area contributed by atoms with Crippen LogP contribution in [-0.4, -0.2) is 24.2 Å². The fraction of sp³-hybridized carbons (Fsp3) is 0.875. The smallest absolute Gasteiger partial charge is 0.223 e. The van der Waals surface area contributed by atoms with E-state index in [0.717, 1.165) is 12.8 Å². The zero-order chi connectivity index (χ0) is 8.27. The van der Waals surface area contributed by atoms with Gasteiger partial charge >= 0.3 is 0 Å². The number of aliphatic hydroxyl groups excluding tert-OH is 1. The summed E-state index contributed by atoms with van der Waals surface area (Å²) in [5, 5.41) is 11.4. The van der Waals surface area contributed by atoms with Gasteiger partial charge < -0.3 is 10.4 Å². The van der Waals surface area contributed by atoms with E-state index in [9.17, 15) is 4.79 Å². The van der Waals surface area contributed by atoms with Gasteiger partial charge in [-0.2, -0.15) is 0 Å². The first-order valence-corrected chi connectivity index (χ1v) is 4.12. The van der Waals surface area contributed by atoms with E-state index < -0.39 is 0 Å². The third-order valence-corrected chi connectivity index (χ3v) is 1.88. The fourth-order valence-electron chi connectivity index (χ4n) is 0.829. The lowest BCUT2D eigenvalue weighted by Crippen LogP contribution is -2.30. The molecule has 0 aromatic carbocycles. The molecule has 64 valence electrons. The molecule has 3 heteroatoms. The van der Waals surface area contributed by atoms with Crippen molar-refractivity contribution in [1.82, 2.24) is 5.32 Å². The van der Waals surface area contributed by atoms with E-state index in [4.69, 9.17) is 5.11 Å². The van der Waals surface area contributed by atoms with Crippen LogP contribution < -0.4 is 5.32 Å². The van der Waals surface area contributed by atoms with Crippen molar-refractivity contribution < 1.29 is 9.90 Å². The maximum absolute atomic E-state index is 11.0. The van der Waals surface area contributed by atoms with Crippen molar-refractivity contribution in [2.45, 2.75) is 19.8 Å². The molecule has 1 aliphatic rings. The standard InChI is InChI=1S/C8H15NO2/c1-6(5-10)4-9-8(11)7-2-3-7/h6-7,10H,2-5H2,1H3,(H,9,11). The van der Waals surface area contributed by atoms with Gasteiger partial charge in [-0.05, 0) is 18.8 Å².